The number of methoxy groups -OCH3 is 1. The molecule has 6 heteroatoms. The zero-order valence-electron chi connectivity index (χ0n) is 10.7. The average molecular weight is 272 g/mol. The van der Waals surface area contributed by atoms with Crippen LogP contribution >= 0.6 is 11.6 Å². The molecule has 1 aromatic rings. The second kappa shape index (κ2) is 6.44. The molecule has 0 radical (unpaired) electrons. The van der Waals surface area contributed by atoms with Gasteiger partial charge in [-0.2, -0.15) is 0 Å². The molecule has 5 nitrogen and oxygen atoms in total. The smallest absolute Gasteiger partial charge is 0.328 e. The van der Waals surface area contributed by atoms with Gasteiger partial charge in [0.05, 0.1) is 17.8 Å². The number of carbonyl (C=O) groups is 1. The van der Waals surface area contributed by atoms with Gasteiger partial charge in [0, 0.05) is 6.20 Å². The Morgan fingerprint density at radius 2 is 2.28 bits per heavy atom. The number of anilines is 2. The van der Waals surface area contributed by atoms with Crippen molar-refractivity contribution in [3.8, 4) is 0 Å². The largest absolute Gasteiger partial charge is 0.467 e. The summed E-state index contributed by atoms with van der Waals surface area (Å²) in [5, 5.41) is 3.44. The highest BCUT2D eigenvalue weighted by atomic mass is 35.5. The molecular weight excluding hydrogens is 254 g/mol. The van der Waals surface area contributed by atoms with Crippen LogP contribution in [0.2, 0.25) is 5.02 Å². The van der Waals surface area contributed by atoms with E-state index in [1.165, 1.54) is 13.3 Å². The normalized spacial score (nSPS) is 12.3. The summed E-state index contributed by atoms with van der Waals surface area (Å²) in [6.07, 6.45) is 2.11. The molecule has 18 heavy (non-hydrogen) atoms. The Morgan fingerprint density at radius 1 is 1.61 bits per heavy atom. The third-order valence-corrected chi connectivity index (χ3v) is 2.59. The maximum atomic E-state index is 11.7. The van der Waals surface area contributed by atoms with Crippen molar-refractivity contribution in [2.45, 2.75) is 26.3 Å². The molecule has 3 N–H and O–H groups in total. The third-order valence-electron chi connectivity index (χ3n) is 2.39. The van der Waals surface area contributed by atoms with E-state index in [1.54, 1.807) is 6.07 Å². The van der Waals surface area contributed by atoms with Crippen molar-refractivity contribution >= 4 is 29.1 Å². The van der Waals surface area contributed by atoms with E-state index >= 15 is 0 Å². The first-order chi connectivity index (χ1) is 8.43. The number of nitrogens with zero attached hydrogens (tertiary/aromatic N) is 1. The number of nitrogens with two attached hydrogens (primary N) is 1. The number of rotatable bonds is 5. The van der Waals surface area contributed by atoms with Gasteiger partial charge in [-0.3, -0.25) is 0 Å². The number of hydrogen-bond acceptors (Lipinski definition) is 5. The van der Waals surface area contributed by atoms with Crippen molar-refractivity contribution < 1.29 is 9.53 Å². The Labute approximate surface area is 112 Å². The lowest BCUT2D eigenvalue weighted by Crippen LogP contribution is -2.32. The van der Waals surface area contributed by atoms with Gasteiger partial charge in [0.15, 0.2) is 0 Å². The third kappa shape index (κ3) is 4.07. The van der Waals surface area contributed by atoms with Crippen molar-refractivity contribution in [3.05, 3.63) is 17.3 Å². The minimum absolute atomic E-state index is 0.333. The summed E-state index contributed by atoms with van der Waals surface area (Å²) in [6.45, 7) is 4.05. The van der Waals surface area contributed by atoms with E-state index < -0.39 is 6.04 Å². The number of esters is 1. The first-order valence-electron chi connectivity index (χ1n) is 5.69. The minimum atomic E-state index is -0.467. The maximum absolute atomic E-state index is 11.7. The number of halogens is 1. The van der Waals surface area contributed by atoms with Crippen LogP contribution in [0.25, 0.3) is 0 Å². The highest BCUT2D eigenvalue weighted by Gasteiger charge is 2.21. The van der Waals surface area contributed by atoms with Gasteiger partial charge in [0.2, 0.25) is 0 Å². The van der Waals surface area contributed by atoms with E-state index in [1.807, 2.05) is 13.8 Å². The quantitative estimate of drug-likeness (QED) is 0.804. The number of nitrogen functional groups attached to an aromatic ring is 1. The highest BCUT2D eigenvalue weighted by molar-refractivity contribution is 6.30. The van der Waals surface area contributed by atoms with Crippen LogP contribution in [0.3, 0.4) is 0 Å². The Morgan fingerprint density at radius 3 is 2.78 bits per heavy atom. The Hall–Kier alpha value is -1.49. The number of hydrogen-bond donors (Lipinski definition) is 2. The minimum Gasteiger partial charge on any atom is -0.467 e. The summed E-state index contributed by atoms with van der Waals surface area (Å²) < 4.78 is 4.75. The number of aromatic nitrogens is 1. The first-order valence-corrected chi connectivity index (χ1v) is 6.07. The molecule has 1 aromatic heterocycles. The molecule has 0 spiro atoms. The molecule has 0 saturated carbocycles. The van der Waals surface area contributed by atoms with E-state index in [9.17, 15) is 4.79 Å². The summed E-state index contributed by atoms with van der Waals surface area (Å²) in [4.78, 5) is 15.7. The molecule has 1 rings (SSSR count). The lowest BCUT2D eigenvalue weighted by molar-refractivity contribution is -0.141. The van der Waals surface area contributed by atoms with Gasteiger partial charge in [-0.15, -0.1) is 0 Å². The van der Waals surface area contributed by atoms with Gasteiger partial charge in [-0.05, 0) is 18.4 Å². The molecule has 100 valence electrons. The lowest BCUT2D eigenvalue weighted by Gasteiger charge is -2.19. The van der Waals surface area contributed by atoms with Crippen LogP contribution in [0.1, 0.15) is 20.3 Å². The zero-order valence-corrected chi connectivity index (χ0v) is 11.5. The molecule has 1 unspecified atom stereocenters. The predicted octanol–water partition coefficient (Wildman–Crippen LogP) is 2.32. The highest BCUT2D eigenvalue weighted by Crippen LogP contribution is 2.21. The van der Waals surface area contributed by atoms with Crippen molar-refractivity contribution in [1.82, 2.24) is 4.98 Å². The topological polar surface area (TPSA) is 77.2 Å². The fraction of sp³-hybridized carbons (Fsp3) is 0.500. The summed E-state index contributed by atoms with van der Waals surface area (Å²) >= 11 is 5.77. The monoisotopic (exact) mass is 271 g/mol. The van der Waals surface area contributed by atoms with Crippen molar-refractivity contribution in [1.29, 1.82) is 0 Å². The van der Waals surface area contributed by atoms with Crippen LogP contribution in [0.15, 0.2) is 12.3 Å². The van der Waals surface area contributed by atoms with Crippen molar-refractivity contribution in [2.24, 2.45) is 5.92 Å². The van der Waals surface area contributed by atoms with Crippen LogP contribution in [0.4, 0.5) is 11.5 Å². The molecular formula is C12H18ClN3O2. The molecule has 0 aliphatic carbocycles. The molecule has 0 saturated heterocycles. The van der Waals surface area contributed by atoms with Crippen LogP contribution < -0.4 is 11.1 Å². The predicted molar refractivity (Wildman–Crippen MR) is 72.5 cm³/mol. The van der Waals surface area contributed by atoms with E-state index in [-0.39, 0.29) is 5.97 Å². The fourth-order valence-corrected chi connectivity index (χ4v) is 1.73. The summed E-state index contributed by atoms with van der Waals surface area (Å²) in [5.74, 6) is 0.449. The van der Waals surface area contributed by atoms with Crippen LogP contribution in [0, 0.1) is 5.92 Å². The Bertz CT molecular complexity index is 424. The maximum Gasteiger partial charge on any atom is 0.328 e. The average Bonchev–Trinajstić information content (AvgIpc) is 2.30. The molecule has 0 aliphatic rings. The summed E-state index contributed by atoms with van der Waals surface area (Å²) in [6, 6.07) is 1.12. The second-order valence-corrected chi connectivity index (χ2v) is 4.88. The molecule has 0 aliphatic heterocycles. The van der Waals surface area contributed by atoms with E-state index in [4.69, 9.17) is 22.1 Å². The van der Waals surface area contributed by atoms with Gasteiger partial charge in [0.25, 0.3) is 0 Å². The lowest BCUT2D eigenvalue weighted by atomic mass is 10.0. The second-order valence-electron chi connectivity index (χ2n) is 4.44. The first kappa shape index (κ1) is 14.6. The van der Waals surface area contributed by atoms with Crippen LogP contribution in [-0.4, -0.2) is 24.1 Å². The summed E-state index contributed by atoms with van der Waals surface area (Å²) in [5.41, 5.74) is 6.18. The Balaban J connectivity index is 2.85. The standard InChI is InChI=1S/C12H18ClN3O2/c1-7(2)4-10(12(17)18-3)16-11-9(14)5-8(13)6-15-11/h5-7,10H,4,14H2,1-3H3,(H,15,16). The van der Waals surface area contributed by atoms with Crippen LogP contribution in [-0.2, 0) is 9.53 Å². The molecule has 0 aromatic carbocycles. The van der Waals surface area contributed by atoms with Gasteiger partial charge in [-0.1, -0.05) is 25.4 Å². The number of pyridine rings is 1. The van der Waals surface area contributed by atoms with Crippen molar-refractivity contribution in [3.63, 3.8) is 0 Å². The van der Waals surface area contributed by atoms with E-state index in [0.29, 0.717) is 28.9 Å². The summed E-state index contributed by atoms with van der Waals surface area (Å²) in [7, 11) is 1.36. The van der Waals surface area contributed by atoms with E-state index in [2.05, 4.69) is 10.3 Å². The van der Waals surface area contributed by atoms with Crippen LogP contribution in [0.5, 0.6) is 0 Å². The molecule has 1 atom stereocenters. The zero-order chi connectivity index (χ0) is 13.7. The van der Waals surface area contributed by atoms with Gasteiger partial charge in [0.1, 0.15) is 11.9 Å². The molecule has 1 heterocycles. The fourth-order valence-electron chi connectivity index (χ4n) is 1.57. The molecule has 0 amide bonds. The SMILES string of the molecule is COC(=O)C(CC(C)C)Nc1ncc(Cl)cc1N. The number of ether oxygens (including phenoxy) is 1. The number of carbonyl (C=O) groups excluding carboxylic acids is 1. The Kier molecular flexibility index (Phi) is 5.22. The van der Waals surface area contributed by atoms with Gasteiger partial charge < -0.3 is 15.8 Å². The molecule has 0 fully saturated rings. The van der Waals surface area contributed by atoms with Gasteiger partial charge in [-0.25, -0.2) is 9.78 Å². The van der Waals surface area contributed by atoms with Crippen molar-refractivity contribution in [2.75, 3.05) is 18.2 Å². The molecule has 0 bridgehead atoms. The number of nitrogens with one attached hydrogen (secondary N) is 1. The van der Waals surface area contributed by atoms with E-state index in [0.717, 1.165) is 0 Å². The van der Waals surface area contributed by atoms with Gasteiger partial charge >= 0.3 is 5.97 Å².